The number of aliphatic hydroxyl groups excluding tert-OH is 1. The molecular weight excluding hydrogens is 336 g/mol. The van der Waals surface area contributed by atoms with Crippen LogP contribution in [0.1, 0.15) is 30.5 Å². The predicted molar refractivity (Wildman–Crippen MR) is 89.9 cm³/mol. The molecule has 0 aromatic carbocycles. The molecule has 5 nitrogen and oxygen atoms in total. The highest BCUT2D eigenvalue weighted by Gasteiger charge is 2.39. The number of hydrogen-bond donors (Lipinski definition) is 3. The summed E-state index contributed by atoms with van der Waals surface area (Å²) in [5.74, 6) is -3.08. The van der Waals surface area contributed by atoms with Crippen LogP contribution >= 0.6 is 11.3 Å². The zero-order valence-electron chi connectivity index (χ0n) is 13.2. The number of nitrogens with one attached hydrogen (secondary N) is 2. The molecule has 0 saturated carbocycles. The molecule has 1 atom stereocenters. The van der Waals surface area contributed by atoms with Gasteiger partial charge < -0.3 is 10.1 Å². The fourth-order valence-corrected chi connectivity index (χ4v) is 4.27. The molecule has 0 saturated heterocycles. The number of aromatic amines is 2. The number of aliphatic hydroxyl groups is 1. The van der Waals surface area contributed by atoms with Crippen molar-refractivity contribution in [3.63, 3.8) is 0 Å². The van der Waals surface area contributed by atoms with E-state index in [-0.39, 0.29) is 24.3 Å². The third kappa shape index (κ3) is 2.76. The van der Waals surface area contributed by atoms with Crippen LogP contribution in [0.15, 0.2) is 23.3 Å². The van der Waals surface area contributed by atoms with E-state index in [0.717, 1.165) is 17.6 Å². The molecule has 24 heavy (non-hydrogen) atoms. The average molecular weight is 353 g/mol. The Bertz CT molecular complexity index is 915. The minimum absolute atomic E-state index is 0.203. The van der Waals surface area contributed by atoms with Crippen molar-refractivity contribution in [3.05, 3.63) is 40.1 Å². The number of nitrogens with zero attached hydrogens (tertiary/aromatic N) is 1. The zero-order chi connectivity index (χ0) is 17.5. The third-order valence-corrected chi connectivity index (χ3v) is 5.34. The van der Waals surface area contributed by atoms with Crippen LogP contribution in [0.2, 0.25) is 0 Å². The Labute approximate surface area is 140 Å². The van der Waals surface area contributed by atoms with Crippen LogP contribution in [-0.4, -0.2) is 33.3 Å². The van der Waals surface area contributed by atoms with Gasteiger partial charge in [-0.3, -0.25) is 9.89 Å². The summed E-state index contributed by atoms with van der Waals surface area (Å²) in [6, 6.07) is 1.83. The first kappa shape index (κ1) is 16.8. The SMILES string of the molecule is CC1CC(F)(F)Cc2c1[nH]c(=O)c1sc(-c3cn[nH]c3)cc21.CO. The molecule has 1 aliphatic rings. The third-order valence-electron chi connectivity index (χ3n) is 4.15. The summed E-state index contributed by atoms with van der Waals surface area (Å²) in [7, 11) is 1.00. The fourth-order valence-electron chi connectivity index (χ4n) is 3.20. The summed E-state index contributed by atoms with van der Waals surface area (Å²) in [5, 5.41) is 14.3. The number of hydrogen-bond acceptors (Lipinski definition) is 4. The molecule has 4 rings (SSSR count). The maximum Gasteiger partial charge on any atom is 0.266 e. The van der Waals surface area contributed by atoms with Crippen molar-refractivity contribution in [1.29, 1.82) is 0 Å². The number of rotatable bonds is 1. The van der Waals surface area contributed by atoms with E-state index in [2.05, 4.69) is 15.2 Å². The van der Waals surface area contributed by atoms with Crippen LogP contribution in [0.25, 0.3) is 20.5 Å². The van der Waals surface area contributed by atoms with E-state index in [9.17, 15) is 13.6 Å². The second kappa shape index (κ2) is 6.10. The maximum absolute atomic E-state index is 13.9. The van der Waals surface area contributed by atoms with Gasteiger partial charge in [-0.25, -0.2) is 8.78 Å². The highest BCUT2D eigenvalue weighted by molar-refractivity contribution is 7.22. The van der Waals surface area contributed by atoms with Crippen LogP contribution in [-0.2, 0) is 6.42 Å². The Kier molecular flexibility index (Phi) is 4.27. The van der Waals surface area contributed by atoms with Gasteiger partial charge in [-0.05, 0) is 11.6 Å². The summed E-state index contributed by atoms with van der Waals surface area (Å²) in [5.41, 5.74) is 1.87. The molecule has 0 radical (unpaired) electrons. The molecule has 128 valence electrons. The largest absolute Gasteiger partial charge is 0.400 e. The Morgan fingerprint density at radius 3 is 2.83 bits per heavy atom. The Morgan fingerprint density at radius 1 is 1.42 bits per heavy atom. The van der Waals surface area contributed by atoms with Gasteiger partial charge in [0.05, 0.1) is 6.20 Å². The molecule has 8 heteroatoms. The second-order valence-corrected chi connectivity index (χ2v) is 6.88. The van der Waals surface area contributed by atoms with E-state index < -0.39 is 5.92 Å². The standard InChI is InChI=1S/C15H13F2N3OS.CH4O/c1-7-3-15(16,17)4-10-9-2-11(8-5-18-19-6-8)22-13(9)14(21)20-12(7)10;1-2/h2,5-7H,3-4H2,1H3,(H,18,19)(H,20,21);2H,1H3. The van der Waals surface area contributed by atoms with Crippen molar-refractivity contribution in [2.45, 2.75) is 31.6 Å². The molecule has 0 fully saturated rings. The molecule has 3 heterocycles. The predicted octanol–water partition coefficient (Wildman–Crippen LogP) is 3.27. The van der Waals surface area contributed by atoms with Crippen molar-refractivity contribution in [2.24, 2.45) is 0 Å². The van der Waals surface area contributed by atoms with Crippen LogP contribution in [0, 0.1) is 0 Å². The highest BCUT2D eigenvalue weighted by atomic mass is 32.1. The van der Waals surface area contributed by atoms with Gasteiger partial charge in [-0.15, -0.1) is 11.3 Å². The van der Waals surface area contributed by atoms with Crippen LogP contribution in [0.3, 0.4) is 0 Å². The van der Waals surface area contributed by atoms with E-state index in [1.165, 1.54) is 11.3 Å². The number of halogens is 2. The fraction of sp³-hybridized carbons (Fsp3) is 0.375. The van der Waals surface area contributed by atoms with Crippen molar-refractivity contribution in [3.8, 4) is 10.4 Å². The van der Waals surface area contributed by atoms with Gasteiger partial charge in [-0.2, -0.15) is 5.10 Å². The quantitative estimate of drug-likeness (QED) is 0.628. The van der Waals surface area contributed by atoms with Crippen LogP contribution in [0.4, 0.5) is 8.78 Å². The molecule has 1 aliphatic carbocycles. The van der Waals surface area contributed by atoms with Crippen molar-refractivity contribution in [2.75, 3.05) is 7.11 Å². The number of fused-ring (bicyclic) bond motifs is 3. The first-order chi connectivity index (χ1) is 11.4. The normalized spacial score (nSPS) is 18.8. The summed E-state index contributed by atoms with van der Waals surface area (Å²) in [6.45, 7) is 1.73. The molecule has 1 unspecified atom stereocenters. The molecule has 0 amide bonds. The van der Waals surface area contributed by atoms with Gasteiger partial charge in [0.25, 0.3) is 11.5 Å². The molecule has 3 aromatic heterocycles. The van der Waals surface area contributed by atoms with Gasteiger partial charge in [0.1, 0.15) is 4.70 Å². The number of thiophene rings is 1. The smallest absolute Gasteiger partial charge is 0.266 e. The molecular formula is C16H17F2N3O2S. The lowest BCUT2D eigenvalue weighted by molar-refractivity contribution is -0.0192. The highest BCUT2D eigenvalue weighted by Crippen LogP contribution is 2.43. The minimum Gasteiger partial charge on any atom is -0.400 e. The Morgan fingerprint density at radius 2 is 2.17 bits per heavy atom. The lowest BCUT2D eigenvalue weighted by Gasteiger charge is -2.29. The zero-order valence-corrected chi connectivity index (χ0v) is 14.0. The summed E-state index contributed by atoms with van der Waals surface area (Å²) in [6.07, 6.45) is 2.84. The molecule has 0 spiro atoms. The van der Waals surface area contributed by atoms with Gasteiger partial charge in [-0.1, -0.05) is 6.92 Å². The van der Waals surface area contributed by atoms with E-state index in [0.29, 0.717) is 21.3 Å². The number of pyridine rings is 1. The number of alkyl halides is 2. The molecule has 3 aromatic rings. The molecule has 0 bridgehead atoms. The van der Waals surface area contributed by atoms with E-state index >= 15 is 0 Å². The van der Waals surface area contributed by atoms with Gasteiger partial charge in [0.15, 0.2) is 0 Å². The van der Waals surface area contributed by atoms with Crippen molar-refractivity contribution >= 4 is 21.4 Å². The molecule has 0 aliphatic heterocycles. The first-order valence-corrected chi connectivity index (χ1v) is 8.26. The summed E-state index contributed by atoms with van der Waals surface area (Å²) in [4.78, 5) is 16.0. The van der Waals surface area contributed by atoms with Gasteiger partial charge >= 0.3 is 0 Å². The maximum atomic E-state index is 13.9. The topological polar surface area (TPSA) is 81.8 Å². The van der Waals surface area contributed by atoms with E-state index in [4.69, 9.17) is 5.11 Å². The summed E-state index contributed by atoms with van der Waals surface area (Å²) >= 11 is 1.31. The monoisotopic (exact) mass is 353 g/mol. The first-order valence-electron chi connectivity index (χ1n) is 7.45. The van der Waals surface area contributed by atoms with E-state index in [1.807, 2.05) is 6.07 Å². The minimum atomic E-state index is -2.73. The lowest BCUT2D eigenvalue weighted by atomic mass is 9.84. The van der Waals surface area contributed by atoms with E-state index in [1.54, 1.807) is 19.3 Å². The van der Waals surface area contributed by atoms with Gasteiger partial charge in [0.2, 0.25) is 0 Å². The average Bonchev–Trinajstić information content (AvgIpc) is 3.18. The Hall–Kier alpha value is -2.06. The number of H-pyrrole nitrogens is 2. The van der Waals surface area contributed by atoms with Gasteiger partial charge in [0, 0.05) is 53.6 Å². The second-order valence-electron chi connectivity index (χ2n) is 5.82. The van der Waals surface area contributed by atoms with Crippen LogP contribution in [0.5, 0.6) is 0 Å². The van der Waals surface area contributed by atoms with Crippen molar-refractivity contribution in [1.82, 2.24) is 15.2 Å². The Balaban J connectivity index is 0.000000815. The lowest BCUT2D eigenvalue weighted by Crippen LogP contribution is -2.30. The number of aromatic nitrogens is 3. The van der Waals surface area contributed by atoms with Crippen molar-refractivity contribution < 1.29 is 13.9 Å². The summed E-state index contributed by atoms with van der Waals surface area (Å²) < 4.78 is 28.4. The van der Waals surface area contributed by atoms with Crippen LogP contribution < -0.4 is 5.56 Å². The molecule has 3 N–H and O–H groups in total.